The summed E-state index contributed by atoms with van der Waals surface area (Å²) in [5, 5.41) is 2.44. The van der Waals surface area contributed by atoms with Crippen LogP contribution in [0.15, 0.2) is 60.7 Å². The van der Waals surface area contributed by atoms with Crippen LogP contribution in [0.3, 0.4) is 0 Å². The van der Waals surface area contributed by atoms with Crippen LogP contribution in [-0.4, -0.2) is 0 Å². The predicted molar refractivity (Wildman–Crippen MR) is 78.2 cm³/mol. The van der Waals surface area contributed by atoms with Gasteiger partial charge >= 0.3 is 19.5 Å². The maximum atomic E-state index is 3.21. The van der Waals surface area contributed by atoms with E-state index in [1.165, 1.54) is 30.0 Å². The molecule has 0 N–H and O–H groups in total. The molecule has 0 unspecified atom stereocenters. The normalized spacial score (nSPS) is 13.7. The molecule has 0 heterocycles. The summed E-state index contributed by atoms with van der Waals surface area (Å²) < 4.78 is 0. The van der Waals surface area contributed by atoms with Crippen molar-refractivity contribution in [1.29, 1.82) is 0 Å². The fraction of sp³-hybridized carbons (Fsp3) is 0.222. The molecular weight excluding hydrogens is 317 g/mol. The molecular formula is C18H18Ru. The van der Waals surface area contributed by atoms with E-state index < -0.39 is 0 Å². The summed E-state index contributed by atoms with van der Waals surface area (Å²) in [4.78, 5) is 0. The van der Waals surface area contributed by atoms with Crippen LogP contribution < -0.4 is 0 Å². The first kappa shape index (κ1) is 15.9. The van der Waals surface area contributed by atoms with Crippen LogP contribution in [0.2, 0.25) is 0 Å². The number of rotatable bonds is 0. The second-order valence-corrected chi connectivity index (χ2v) is 4.25. The first-order chi connectivity index (χ1) is 8.97. The molecule has 0 atom stereocenters. The average Bonchev–Trinajstić information content (AvgIpc) is 2.39. The molecule has 2 aromatic carbocycles. The second-order valence-electron chi connectivity index (χ2n) is 4.25. The summed E-state index contributed by atoms with van der Waals surface area (Å²) in [5.74, 6) is 0. The van der Waals surface area contributed by atoms with Gasteiger partial charge in [0.1, 0.15) is 0 Å². The van der Waals surface area contributed by atoms with E-state index in [4.69, 9.17) is 0 Å². The molecule has 98 valence electrons. The van der Waals surface area contributed by atoms with Gasteiger partial charge in [-0.3, -0.25) is 6.08 Å². The summed E-state index contributed by atoms with van der Waals surface area (Å²) in [7, 11) is 0. The van der Waals surface area contributed by atoms with Crippen LogP contribution in [0.5, 0.6) is 0 Å². The number of fused-ring (bicyclic) bond motifs is 1. The van der Waals surface area contributed by atoms with Crippen molar-refractivity contribution in [2.75, 3.05) is 0 Å². The molecule has 0 radical (unpaired) electrons. The van der Waals surface area contributed by atoms with Crippen molar-refractivity contribution in [3.8, 4) is 0 Å². The third-order valence-corrected chi connectivity index (χ3v) is 2.82. The van der Waals surface area contributed by atoms with Crippen LogP contribution >= 0.6 is 0 Å². The fourth-order valence-electron chi connectivity index (χ4n) is 1.85. The summed E-state index contributed by atoms with van der Waals surface area (Å²) >= 11 is 0. The van der Waals surface area contributed by atoms with Gasteiger partial charge in [0.2, 0.25) is 0 Å². The van der Waals surface area contributed by atoms with Gasteiger partial charge in [-0.05, 0) is 6.42 Å². The Morgan fingerprint density at radius 3 is 2.53 bits per heavy atom. The molecule has 3 rings (SSSR count). The van der Waals surface area contributed by atoms with E-state index in [2.05, 4.69) is 48.6 Å². The molecule has 2 aromatic rings. The van der Waals surface area contributed by atoms with Crippen LogP contribution in [0.4, 0.5) is 0 Å². The van der Waals surface area contributed by atoms with Gasteiger partial charge in [0.05, 0.1) is 0 Å². The molecule has 0 nitrogen and oxygen atoms in total. The Kier molecular flexibility index (Phi) is 8.09. The smallest absolute Gasteiger partial charge is 0.500 e. The van der Waals surface area contributed by atoms with Crippen molar-refractivity contribution in [3.63, 3.8) is 0 Å². The molecule has 0 fully saturated rings. The Bertz CT molecular complexity index is 434. The van der Waals surface area contributed by atoms with Crippen molar-refractivity contribution < 1.29 is 19.5 Å². The van der Waals surface area contributed by atoms with Crippen molar-refractivity contribution in [3.05, 3.63) is 72.8 Å². The van der Waals surface area contributed by atoms with E-state index in [9.17, 15) is 0 Å². The number of hydrogen-bond donors (Lipinski definition) is 0. The van der Waals surface area contributed by atoms with Crippen LogP contribution in [0, 0.1) is 12.1 Å². The Labute approximate surface area is 129 Å². The van der Waals surface area contributed by atoms with E-state index >= 15 is 0 Å². The van der Waals surface area contributed by atoms with Gasteiger partial charge < -0.3 is 6.08 Å². The van der Waals surface area contributed by atoms with Crippen LogP contribution in [0.1, 0.15) is 25.7 Å². The van der Waals surface area contributed by atoms with Crippen LogP contribution in [-0.2, 0) is 19.5 Å². The van der Waals surface area contributed by atoms with Gasteiger partial charge in [-0.2, -0.15) is 6.42 Å². The molecule has 0 spiro atoms. The zero-order valence-electron chi connectivity index (χ0n) is 11.0. The zero-order valence-corrected chi connectivity index (χ0v) is 12.7. The standard InChI is InChI=1S/C10H7.C8H11.Ru/c1-2-6-10-8-4-3-7-9(10)5-1;1-2-4-6-8-7-5-3-1;/h1-7H;1-2,7H,3-6H2;/q2*-1;+2. The zero-order chi connectivity index (χ0) is 12.5. The second kappa shape index (κ2) is 9.70. The molecule has 0 amide bonds. The summed E-state index contributed by atoms with van der Waals surface area (Å²) in [6.45, 7) is 0. The number of allylic oxidation sites excluding steroid dienone is 4. The number of benzene rings is 2. The largest absolute Gasteiger partial charge is 2.00 e. The quantitative estimate of drug-likeness (QED) is 0.356. The molecule has 1 aliphatic rings. The summed E-state index contributed by atoms with van der Waals surface area (Å²) in [5.41, 5.74) is 0. The summed E-state index contributed by atoms with van der Waals surface area (Å²) in [6, 6.07) is 17.4. The minimum Gasteiger partial charge on any atom is -0.500 e. The predicted octanol–water partition coefficient (Wildman–Crippen LogP) is 5.11. The van der Waals surface area contributed by atoms with Crippen molar-refractivity contribution in [1.82, 2.24) is 0 Å². The van der Waals surface area contributed by atoms with Gasteiger partial charge in [0.15, 0.2) is 0 Å². The van der Waals surface area contributed by atoms with Gasteiger partial charge in [-0.15, -0.1) is 47.2 Å². The van der Waals surface area contributed by atoms with Gasteiger partial charge in [-0.1, -0.05) is 37.1 Å². The molecule has 19 heavy (non-hydrogen) atoms. The van der Waals surface area contributed by atoms with Gasteiger partial charge in [0.25, 0.3) is 0 Å². The summed E-state index contributed by atoms with van der Waals surface area (Å²) in [6.07, 6.45) is 14.5. The van der Waals surface area contributed by atoms with Crippen molar-refractivity contribution in [2.45, 2.75) is 25.7 Å². The van der Waals surface area contributed by atoms with Gasteiger partial charge in [-0.25, -0.2) is 0 Å². The Balaban J connectivity index is 0.000000185. The van der Waals surface area contributed by atoms with E-state index in [1.54, 1.807) is 0 Å². The fourth-order valence-corrected chi connectivity index (χ4v) is 1.85. The Morgan fingerprint density at radius 1 is 0.842 bits per heavy atom. The molecule has 0 bridgehead atoms. The van der Waals surface area contributed by atoms with E-state index in [-0.39, 0.29) is 19.5 Å². The van der Waals surface area contributed by atoms with Crippen molar-refractivity contribution in [2.24, 2.45) is 0 Å². The first-order valence-corrected chi connectivity index (χ1v) is 6.52. The minimum atomic E-state index is 0. The maximum Gasteiger partial charge on any atom is 2.00 e. The molecule has 1 aliphatic carbocycles. The molecule has 0 saturated heterocycles. The topological polar surface area (TPSA) is 0 Å². The minimum absolute atomic E-state index is 0. The third kappa shape index (κ3) is 5.99. The maximum absolute atomic E-state index is 3.21. The molecule has 1 heteroatoms. The molecule has 0 aromatic heterocycles. The Morgan fingerprint density at radius 2 is 1.63 bits per heavy atom. The van der Waals surface area contributed by atoms with Crippen LogP contribution in [0.25, 0.3) is 10.8 Å². The van der Waals surface area contributed by atoms with Crippen molar-refractivity contribution >= 4 is 10.8 Å². The van der Waals surface area contributed by atoms with Gasteiger partial charge in [0, 0.05) is 0 Å². The molecule has 0 saturated carbocycles. The average molecular weight is 335 g/mol. The SMILES string of the molecule is [C-]1=CCCC=CCC1.[Ru+2].[c-]1cccc2ccccc12. The Hall–Kier alpha value is -1.20. The monoisotopic (exact) mass is 336 g/mol. The molecule has 0 aliphatic heterocycles. The van der Waals surface area contributed by atoms with E-state index in [0.29, 0.717) is 0 Å². The first-order valence-electron chi connectivity index (χ1n) is 6.52. The number of hydrogen-bond acceptors (Lipinski definition) is 0. The van der Waals surface area contributed by atoms with E-state index in [1.807, 2.05) is 24.3 Å². The third-order valence-electron chi connectivity index (χ3n) is 2.82. The van der Waals surface area contributed by atoms with E-state index in [0.717, 1.165) is 6.42 Å².